The second-order valence-electron chi connectivity index (χ2n) is 8.48. The van der Waals surface area contributed by atoms with Crippen LogP contribution in [0.3, 0.4) is 0 Å². The lowest BCUT2D eigenvalue weighted by atomic mass is 9.82. The number of phenolic OH excluding ortho intramolecular Hbond substituents is 1. The lowest BCUT2D eigenvalue weighted by Gasteiger charge is -2.30. The summed E-state index contributed by atoms with van der Waals surface area (Å²) in [5.74, 6) is -2.36. The van der Waals surface area contributed by atoms with Crippen LogP contribution in [-0.4, -0.2) is 60.9 Å². The van der Waals surface area contributed by atoms with Gasteiger partial charge in [-0.1, -0.05) is 6.07 Å². The lowest BCUT2D eigenvalue weighted by Crippen LogP contribution is -2.29. The third kappa shape index (κ3) is 6.45. The molecule has 1 heterocycles. The average Bonchev–Trinajstić information content (AvgIpc) is 2.93. The highest BCUT2D eigenvalue weighted by molar-refractivity contribution is 5.98. The smallest absolute Gasteiger partial charge is 0.336 e. The Morgan fingerprint density at radius 1 is 0.900 bits per heavy atom. The molecule has 12 nitrogen and oxygen atoms in total. The third-order valence-electron chi connectivity index (χ3n) is 5.97. The number of nitrogens with zero attached hydrogens (tertiary/aromatic N) is 2. The fourth-order valence-electron chi connectivity index (χ4n) is 4.31. The van der Waals surface area contributed by atoms with E-state index < -0.39 is 34.2 Å². The minimum Gasteiger partial charge on any atom is -0.500 e. The van der Waals surface area contributed by atoms with Gasteiger partial charge >= 0.3 is 17.6 Å². The number of carbonyl (C=O) groups excluding carboxylic acids is 2. The van der Waals surface area contributed by atoms with Gasteiger partial charge in [-0.2, -0.15) is 0 Å². The van der Waals surface area contributed by atoms with Crippen LogP contribution < -0.4 is 14.2 Å². The molecule has 0 bridgehead atoms. The SMILES string of the molecule is CCOC(=O)C1=CN(Cc2ccc(OC)c(OC)c2)C=C(C(=O)OCC)C1c1cc(OCC)c(O)c([N+](=O)[O-])c1. The van der Waals surface area contributed by atoms with Crippen LogP contribution in [0.5, 0.6) is 23.0 Å². The van der Waals surface area contributed by atoms with Gasteiger partial charge in [-0.05, 0) is 50.1 Å². The van der Waals surface area contributed by atoms with E-state index in [2.05, 4.69) is 0 Å². The highest BCUT2D eigenvalue weighted by Gasteiger charge is 2.37. The molecule has 0 saturated carbocycles. The van der Waals surface area contributed by atoms with Crippen LogP contribution in [-0.2, 0) is 25.6 Å². The molecule has 0 radical (unpaired) electrons. The minimum atomic E-state index is -1.11. The molecule has 0 unspecified atom stereocenters. The van der Waals surface area contributed by atoms with E-state index in [0.717, 1.165) is 11.6 Å². The quantitative estimate of drug-likeness (QED) is 0.228. The van der Waals surface area contributed by atoms with Crippen molar-refractivity contribution in [2.45, 2.75) is 33.2 Å². The van der Waals surface area contributed by atoms with Gasteiger partial charge in [-0.25, -0.2) is 9.59 Å². The Balaban J connectivity index is 2.20. The fraction of sp³-hybridized carbons (Fsp3) is 0.357. The highest BCUT2D eigenvalue weighted by Crippen LogP contribution is 2.44. The number of nitro benzene ring substituents is 1. The first-order valence-electron chi connectivity index (χ1n) is 12.6. The van der Waals surface area contributed by atoms with E-state index in [-0.39, 0.29) is 48.8 Å². The molecular formula is C28H32N2O10. The molecule has 40 heavy (non-hydrogen) atoms. The number of aromatic hydroxyl groups is 1. The van der Waals surface area contributed by atoms with Crippen molar-refractivity contribution in [2.24, 2.45) is 0 Å². The van der Waals surface area contributed by atoms with Crippen molar-refractivity contribution >= 4 is 17.6 Å². The first kappa shape index (κ1) is 29.8. The van der Waals surface area contributed by atoms with Crippen molar-refractivity contribution in [3.05, 3.63) is 75.1 Å². The summed E-state index contributed by atoms with van der Waals surface area (Å²) in [5, 5.41) is 22.2. The summed E-state index contributed by atoms with van der Waals surface area (Å²) in [6.45, 7) is 5.36. The number of rotatable bonds is 12. The van der Waals surface area contributed by atoms with E-state index in [9.17, 15) is 24.8 Å². The second-order valence-corrected chi connectivity index (χ2v) is 8.48. The van der Waals surface area contributed by atoms with Gasteiger partial charge in [0, 0.05) is 25.0 Å². The predicted octanol–water partition coefficient (Wildman–Crippen LogP) is 4.21. The van der Waals surface area contributed by atoms with Gasteiger partial charge in [0.2, 0.25) is 5.75 Å². The number of nitro groups is 1. The van der Waals surface area contributed by atoms with Crippen LogP contribution >= 0.6 is 0 Å². The number of phenols is 1. The Bertz CT molecular complexity index is 1300. The van der Waals surface area contributed by atoms with Crippen molar-refractivity contribution in [1.29, 1.82) is 0 Å². The van der Waals surface area contributed by atoms with Crippen LogP contribution in [0.25, 0.3) is 0 Å². The molecule has 0 aromatic heterocycles. The normalized spacial score (nSPS) is 13.2. The number of ether oxygens (including phenoxy) is 5. The van der Waals surface area contributed by atoms with E-state index in [1.807, 2.05) is 0 Å². The monoisotopic (exact) mass is 556 g/mol. The van der Waals surface area contributed by atoms with Crippen LogP contribution in [0, 0.1) is 10.1 Å². The molecule has 214 valence electrons. The summed E-state index contributed by atoms with van der Waals surface area (Å²) in [4.78, 5) is 39.1. The Kier molecular flexibility index (Phi) is 9.96. The zero-order valence-electron chi connectivity index (χ0n) is 23.0. The van der Waals surface area contributed by atoms with Gasteiger partial charge < -0.3 is 33.7 Å². The maximum Gasteiger partial charge on any atom is 0.336 e. The van der Waals surface area contributed by atoms with Crippen molar-refractivity contribution < 1.29 is 43.3 Å². The van der Waals surface area contributed by atoms with Gasteiger partial charge in [0.15, 0.2) is 17.2 Å². The Morgan fingerprint density at radius 2 is 1.50 bits per heavy atom. The number of carbonyl (C=O) groups is 2. The van der Waals surface area contributed by atoms with E-state index >= 15 is 0 Å². The number of esters is 2. The third-order valence-corrected chi connectivity index (χ3v) is 5.97. The molecule has 2 aromatic carbocycles. The Hall–Kier alpha value is -4.74. The van der Waals surface area contributed by atoms with Crippen molar-refractivity contribution in [2.75, 3.05) is 34.0 Å². The van der Waals surface area contributed by atoms with Crippen LogP contribution in [0.15, 0.2) is 53.9 Å². The van der Waals surface area contributed by atoms with Gasteiger partial charge in [0.1, 0.15) is 0 Å². The maximum absolute atomic E-state index is 13.2. The van der Waals surface area contributed by atoms with E-state index in [4.69, 9.17) is 23.7 Å². The minimum absolute atomic E-state index is 0.0373. The molecule has 0 saturated heterocycles. The van der Waals surface area contributed by atoms with Crippen LogP contribution in [0.2, 0.25) is 0 Å². The summed E-state index contributed by atoms with van der Waals surface area (Å²) >= 11 is 0. The lowest BCUT2D eigenvalue weighted by molar-refractivity contribution is -0.386. The molecule has 0 aliphatic carbocycles. The first-order valence-corrected chi connectivity index (χ1v) is 12.6. The highest BCUT2D eigenvalue weighted by atomic mass is 16.6. The molecule has 0 fully saturated rings. The largest absolute Gasteiger partial charge is 0.500 e. The maximum atomic E-state index is 13.2. The zero-order valence-corrected chi connectivity index (χ0v) is 23.0. The van der Waals surface area contributed by atoms with E-state index in [0.29, 0.717) is 11.5 Å². The van der Waals surface area contributed by atoms with Crippen molar-refractivity contribution in [3.63, 3.8) is 0 Å². The van der Waals surface area contributed by atoms with Crippen LogP contribution in [0.4, 0.5) is 5.69 Å². The van der Waals surface area contributed by atoms with Gasteiger partial charge in [0.05, 0.1) is 56.0 Å². The Morgan fingerprint density at radius 3 is 2.00 bits per heavy atom. The number of hydrogen-bond donors (Lipinski definition) is 1. The molecular weight excluding hydrogens is 524 g/mol. The summed E-state index contributed by atoms with van der Waals surface area (Å²) in [5.41, 5.74) is 0.372. The Labute approximate surface area is 231 Å². The second kappa shape index (κ2) is 13.4. The molecule has 1 aliphatic rings. The number of methoxy groups -OCH3 is 2. The molecule has 0 atom stereocenters. The van der Waals surface area contributed by atoms with E-state index in [1.165, 1.54) is 32.7 Å². The summed E-state index contributed by atoms with van der Waals surface area (Å²) < 4.78 is 26.7. The molecule has 1 aliphatic heterocycles. The fourth-order valence-corrected chi connectivity index (χ4v) is 4.31. The molecule has 12 heteroatoms. The standard InChI is InChI=1S/C28H32N2O10/c1-6-38-24-13-18(12-21(26(24)31)30(34)35)25-19(27(32)39-7-2)15-29(16-20(25)28(33)40-8-3)14-17-9-10-22(36-4)23(11-17)37-5/h9-13,15-16,25,31H,6-8,14H2,1-5H3. The summed E-state index contributed by atoms with van der Waals surface area (Å²) in [6, 6.07) is 7.77. The summed E-state index contributed by atoms with van der Waals surface area (Å²) in [7, 11) is 3.04. The topological polar surface area (TPSA) is 147 Å². The van der Waals surface area contributed by atoms with Gasteiger partial charge in [0.25, 0.3) is 0 Å². The van der Waals surface area contributed by atoms with Crippen LogP contribution in [0.1, 0.15) is 37.8 Å². The molecule has 3 rings (SSSR count). The molecule has 2 aromatic rings. The molecule has 0 amide bonds. The van der Waals surface area contributed by atoms with E-state index in [1.54, 1.807) is 43.9 Å². The van der Waals surface area contributed by atoms with Gasteiger partial charge in [-0.15, -0.1) is 0 Å². The van der Waals surface area contributed by atoms with Gasteiger partial charge in [-0.3, -0.25) is 10.1 Å². The predicted molar refractivity (Wildman–Crippen MR) is 143 cm³/mol. The molecule has 0 spiro atoms. The van der Waals surface area contributed by atoms with Crippen molar-refractivity contribution in [3.8, 4) is 23.0 Å². The molecule has 1 N–H and O–H groups in total. The number of hydrogen-bond acceptors (Lipinski definition) is 11. The number of benzene rings is 2. The zero-order chi connectivity index (χ0) is 29.4. The summed E-state index contributed by atoms with van der Waals surface area (Å²) in [6.07, 6.45) is 3.03. The van der Waals surface area contributed by atoms with Crippen molar-refractivity contribution in [1.82, 2.24) is 4.90 Å². The first-order chi connectivity index (χ1) is 19.2. The average molecular weight is 557 g/mol.